The molecule has 0 aliphatic rings. The van der Waals surface area contributed by atoms with Crippen LogP contribution in [0, 0.1) is 6.92 Å². The second-order valence-electron chi connectivity index (χ2n) is 5.51. The molecule has 0 atom stereocenters. The molecule has 2 N–H and O–H groups in total. The van der Waals surface area contributed by atoms with E-state index in [0.29, 0.717) is 5.75 Å². The molecule has 0 radical (unpaired) electrons. The minimum Gasteiger partial charge on any atom is -0.483 e. The summed E-state index contributed by atoms with van der Waals surface area (Å²) in [5.41, 5.74) is 7.81. The maximum absolute atomic E-state index is 11.8. The summed E-state index contributed by atoms with van der Waals surface area (Å²) in [5.74, 6) is 0.000422. The smallest absolute Gasteiger partial charge is 0.276 e. The minimum absolute atomic E-state index is 0.151. The predicted octanol–water partition coefficient (Wildman–Crippen LogP) is 2.33. The summed E-state index contributed by atoms with van der Waals surface area (Å²) in [6, 6.07) is 15.2. The highest BCUT2D eigenvalue weighted by Gasteiger charge is 2.08. The summed E-state index contributed by atoms with van der Waals surface area (Å²) in [5, 5.41) is 0. The second kappa shape index (κ2) is 8.72. The molecule has 0 saturated heterocycles. The van der Waals surface area contributed by atoms with E-state index < -0.39 is 5.91 Å². The average molecular weight is 326 g/mol. The van der Waals surface area contributed by atoms with E-state index in [1.54, 1.807) is 0 Å². The zero-order chi connectivity index (χ0) is 17.4. The Balaban J connectivity index is 1.74. The molecule has 2 aromatic rings. The number of hydrogen-bond donors (Lipinski definition) is 2. The van der Waals surface area contributed by atoms with Gasteiger partial charge in [-0.1, -0.05) is 55.0 Å². The van der Waals surface area contributed by atoms with Crippen molar-refractivity contribution in [3.05, 3.63) is 65.2 Å². The molecule has 2 amide bonds. The molecule has 0 bridgehead atoms. The number of carbonyl (C=O) groups excluding carboxylic acids is 2. The van der Waals surface area contributed by atoms with Crippen LogP contribution in [0.5, 0.6) is 5.75 Å². The number of aryl methyl sites for hydroxylation is 2. The van der Waals surface area contributed by atoms with Crippen molar-refractivity contribution < 1.29 is 14.3 Å². The zero-order valence-corrected chi connectivity index (χ0v) is 14.0. The van der Waals surface area contributed by atoms with E-state index in [4.69, 9.17) is 4.74 Å². The van der Waals surface area contributed by atoms with Crippen LogP contribution in [-0.2, 0) is 22.4 Å². The normalized spacial score (nSPS) is 10.1. The van der Waals surface area contributed by atoms with Crippen LogP contribution in [0.4, 0.5) is 0 Å². The van der Waals surface area contributed by atoms with E-state index in [1.807, 2.05) is 62.4 Å². The Morgan fingerprint density at radius 2 is 1.62 bits per heavy atom. The standard InChI is InChI=1S/C19H22N2O3/c1-3-16-6-4-5-7-17(16)24-13-19(23)21-20-18(22)12-15-10-8-14(2)9-11-15/h4-11H,3,12-13H2,1-2H3,(H,20,22)(H,21,23). The monoisotopic (exact) mass is 326 g/mol. The molecule has 0 aromatic heterocycles. The van der Waals surface area contributed by atoms with Gasteiger partial charge in [-0.15, -0.1) is 0 Å². The summed E-state index contributed by atoms with van der Waals surface area (Å²) >= 11 is 0. The number of carbonyl (C=O) groups is 2. The molecule has 0 fully saturated rings. The van der Waals surface area contributed by atoms with E-state index in [2.05, 4.69) is 10.9 Å². The first kappa shape index (κ1) is 17.5. The SMILES string of the molecule is CCc1ccccc1OCC(=O)NNC(=O)Cc1ccc(C)cc1. The van der Waals surface area contributed by atoms with E-state index >= 15 is 0 Å². The van der Waals surface area contributed by atoms with E-state index in [1.165, 1.54) is 0 Å². The fourth-order valence-electron chi connectivity index (χ4n) is 2.19. The van der Waals surface area contributed by atoms with Gasteiger partial charge in [0.15, 0.2) is 6.61 Å². The highest BCUT2D eigenvalue weighted by molar-refractivity contribution is 5.83. The molecule has 24 heavy (non-hydrogen) atoms. The summed E-state index contributed by atoms with van der Waals surface area (Å²) in [7, 11) is 0. The Hall–Kier alpha value is -2.82. The number of nitrogens with one attached hydrogen (secondary N) is 2. The van der Waals surface area contributed by atoms with Crippen molar-refractivity contribution >= 4 is 11.8 Å². The number of rotatable bonds is 6. The van der Waals surface area contributed by atoms with Crippen molar-refractivity contribution in [2.45, 2.75) is 26.7 Å². The summed E-state index contributed by atoms with van der Waals surface area (Å²) < 4.78 is 5.49. The maximum atomic E-state index is 11.8. The molecular formula is C19H22N2O3. The van der Waals surface area contributed by atoms with Gasteiger partial charge in [0, 0.05) is 0 Å². The van der Waals surface area contributed by atoms with E-state index in [9.17, 15) is 9.59 Å². The molecule has 2 aromatic carbocycles. The van der Waals surface area contributed by atoms with Gasteiger partial charge in [0.25, 0.3) is 5.91 Å². The first-order chi connectivity index (χ1) is 11.6. The Morgan fingerprint density at radius 3 is 2.33 bits per heavy atom. The van der Waals surface area contributed by atoms with Crippen molar-refractivity contribution in [3.63, 3.8) is 0 Å². The van der Waals surface area contributed by atoms with Crippen LogP contribution in [0.25, 0.3) is 0 Å². The molecule has 0 spiro atoms. The summed E-state index contributed by atoms with van der Waals surface area (Å²) in [4.78, 5) is 23.6. The molecule has 2 rings (SSSR count). The first-order valence-corrected chi connectivity index (χ1v) is 7.92. The van der Waals surface area contributed by atoms with Crippen molar-refractivity contribution in [3.8, 4) is 5.75 Å². The van der Waals surface area contributed by atoms with Gasteiger partial charge in [-0.25, -0.2) is 0 Å². The van der Waals surface area contributed by atoms with Gasteiger partial charge in [-0.2, -0.15) is 0 Å². The summed E-state index contributed by atoms with van der Waals surface area (Å²) in [6.45, 7) is 3.86. The van der Waals surface area contributed by atoms with Crippen LogP contribution in [0.15, 0.2) is 48.5 Å². The van der Waals surface area contributed by atoms with E-state index in [-0.39, 0.29) is 18.9 Å². The molecule has 0 heterocycles. The third-order valence-electron chi connectivity index (χ3n) is 3.54. The van der Waals surface area contributed by atoms with Gasteiger partial charge < -0.3 is 4.74 Å². The molecular weight excluding hydrogens is 304 g/mol. The minimum atomic E-state index is -0.404. The fraction of sp³-hybridized carbons (Fsp3) is 0.263. The third kappa shape index (κ3) is 5.43. The van der Waals surface area contributed by atoms with Gasteiger partial charge in [0.05, 0.1) is 6.42 Å². The second-order valence-corrected chi connectivity index (χ2v) is 5.51. The molecule has 0 aliphatic heterocycles. The topological polar surface area (TPSA) is 67.4 Å². The van der Waals surface area contributed by atoms with Crippen LogP contribution >= 0.6 is 0 Å². The van der Waals surface area contributed by atoms with Gasteiger partial charge in [0.1, 0.15) is 5.75 Å². The lowest BCUT2D eigenvalue weighted by atomic mass is 10.1. The van der Waals surface area contributed by atoms with Crippen molar-refractivity contribution in [1.29, 1.82) is 0 Å². The van der Waals surface area contributed by atoms with Crippen molar-refractivity contribution in [2.24, 2.45) is 0 Å². The number of para-hydroxylation sites is 1. The quantitative estimate of drug-likeness (QED) is 0.801. The van der Waals surface area contributed by atoms with Gasteiger partial charge in [-0.05, 0) is 30.5 Å². The highest BCUT2D eigenvalue weighted by atomic mass is 16.5. The number of amides is 2. The first-order valence-electron chi connectivity index (χ1n) is 7.92. The summed E-state index contributed by atoms with van der Waals surface area (Å²) in [6.07, 6.45) is 1.03. The van der Waals surface area contributed by atoms with Crippen LogP contribution in [0.3, 0.4) is 0 Å². The number of ether oxygens (including phenoxy) is 1. The molecule has 0 saturated carbocycles. The largest absolute Gasteiger partial charge is 0.483 e. The zero-order valence-electron chi connectivity index (χ0n) is 14.0. The van der Waals surface area contributed by atoms with Crippen molar-refractivity contribution in [1.82, 2.24) is 10.9 Å². The lowest BCUT2D eigenvalue weighted by Gasteiger charge is -2.11. The number of hydrazine groups is 1. The molecule has 5 nitrogen and oxygen atoms in total. The predicted molar refractivity (Wildman–Crippen MR) is 92.5 cm³/mol. The molecule has 0 unspecified atom stereocenters. The van der Waals surface area contributed by atoms with Crippen LogP contribution in [0.1, 0.15) is 23.6 Å². The van der Waals surface area contributed by atoms with Gasteiger partial charge >= 0.3 is 0 Å². The molecule has 5 heteroatoms. The lowest BCUT2D eigenvalue weighted by Crippen LogP contribution is -2.44. The average Bonchev–Trinajstić information content (AvgIpc) is 2.60. The van der Waals surface area contributed by atoms with Gasteiger partial charge in [-0.3, -0.25) is 20.4 Å². The van der Waals surface area contributed by atoms with Crippen LogP contribution < -0.4 is 15.6 Å². The number of hydrogen-bond acceptors (Lipinski definition) is 3. The van der Waals surface area contributed by atoms with Gasteiger partial charge in [0.2, 0.25) is 5.91 Å². The Morgan fingerprint density at radius 1 is 0.958 bits per heavy atom. The third-order valence-corrected chi connectivity index (χ3v) is 3.54. The lowest BCUT2D eigenvalue weighted by molar-refractivity contribution is -0.129. The Labute approximate surface area is 142 Å². The van der Waals surface area contributed by atoms with Crippen LogP contribution in [-0.4, -0.2) is 18.4 Å². The van der Waals surface area contributed by atoms with E-state index in [0.717, 1.165) is 23.1 Å². The fourth-order valence-corrected chi connectivity index (χ4v) is 2.19. The van der Waals surface area contributed by atoms with Crippen LogP contribution in [0.2, 0.25) is 0 Å². The highest BCUT2D eigenvalue weighted by Crippen LogP contribution is 2.17. The molecule has 126 valence electrons. The maximum Gasteiger partial charge on any atom is 0.276 e. The Bertz CT molecular complexity index is 696. The Kier molecular flexibility index (Phi) is 6.37. The van der Waals surface area contributed by atoms with Crippen molar-refractivity contribution in [2.75, 3.05) is 6.61 Å². The molecule has 0 aliphatic carbocycles. The number of benzene rings is 2.